The van der Waals surface area contributed by atoms with Crippen molar-refractivity contribution >= 4 is 17.3 Å². The number of aliphatic carboxylic acids is 1. The van der Waals surface area contributed by atoms with Crippen molar-refractivity contribution in [2.75, 3.05) is 0 Å². The predicted molar refractivity (Wildman–Crippen MR) is 40.9 cm³/mol. The van der Waals surface area contributed by atoms with Crippen molar-refractivity contribution in [1.29, 1.82) is 0 Å². The van der Waals surface area contributed by atoms with E-state index in [1.54, 1.807) is 6.20 Å². The number of hydrogen-bond donors (Lipinski definition) is 2. The molecule has 0 atom stereocenters. The summed E-state index contributed by atoms with van der Waals surface area (Å²) in [5, 5.41) is 8.30. The van der Waals surface area contributed by atoms with Crippen molar-refractivity contribution < 1.29 is 9.90 Å². The van der Waals surface area contributed by atoms with Crippen LogP contribution in [0.5, 0.6) is 0 Å². The lowest BCUT2D eigenvalue weighted by atomic mass is 10.3. The molecule has 0 saturated heterocycles. The molecule has 0 saturated carbocycles. The van der Waals surface area contributed by atoms with Crippen molar-refractivity contribution in [3.63, 3.8) is 0 Å². The van der Waals surface area contributed by atoms with Crippen molar-refractivity contribution in [2.45, 2.75) is 12.8 Å². The fourth-order valence-electron chi connectivity index (χ4n) is 0.671. The Bertz CT molecular complexity index is 301. The van der Waals surface area contributed by atoms with Gasteiger partial charge in [-0.05, 0) is 6.42 Å². The van der Waals surface area contributed by atoms with Crippen LogP contribution in [-0.4, -0.2) is 16.1 Å². The number of aromatic amines is 1. The van der Waals surface area contributed by atoms with Gasteiger partial charge in [0.2, 0.25) is 0 Å². The van der Waals surface area contributed by atoms with E-state index in [0.29, 0.717) is 6.42 Å². The van der Waals surface area contributed by atoms with Gasteiger partial charge in [0.25, 0.3) is 0 Å². The first-order valence-electron chi connectivity index (χ1n) is 3.07. The monoisotopic (exact) mass is 173 g/mol. The molecule has 0 spiro atoms. The van der Waals surface area contributed by atoms with Gasteiger partial charge in [-0.3, -0.25) is 9.59 Å². The Morgan fingerprint density at radius 2 is 2.45 bits per heavy atom. The molecule has 1 aromatic rings. The second-order valence-corrected chi connectivity index (χ2v) is 3.14. The zero-order valence-electron chi connectivity index (χ0n) is 5.66. The maximum absolute atomic E-state index is 10.6. The van der Waals surface area contributed by atoms with Crippen LogP contribution in [0.15, 0.2) is 11.0 Å². The number of hydrogen-bond acceptors (Lipinski definition) is 3. The highest BCUT2D eigenvalue weighted by Gasteiger charge is 2.00. The number of carboxylic acids is 1. The van der Waals surface area contributed by atoms with E-state index in [2.05, 4.69) is 4.98 Å². The largest absolute Gasteiger partial charge is 0.481 e. The smallest absolute Gasteiger partial charge is 0.304 e. The summed E-state index contributed by atoms with van der Waals surface area (Å²) in [6, 6.07) is 0. The zero-order valence-corrected chi connectivity index (χ0v) is 6.48. The van der Waals surface area contributed by atoms with E-state index < -0.39 is 5.97 Å². The van der Waals surface area contributed by atoms with Crippen LogP contribution in [0.4, 0.5) is 0 Å². The molecule has 0 radical (unpaired) electrons. The number of carboxylic acid groups (broad SMARTS) is 1. The van der Waals surface area contributed by atoms with Crippen LogP contribution < -0.4 is 4.87 Å². The van der Waals surface area contributed by atoms with Gasteiger partial charge >= 0.3 is 10.8 Å². The molecule has 0 fully saturated rings. The van der Waals surface area contributed by atoms with E-state index in [0.717, 1.165) is 16.2 Å². The van der Waals surface area contributed by atoms with Crippen LogP contribution >= 0.6 is 11.3 Å². The van der Waals surface area contributed by atoms with Gasteiger partial charge in [-0.15, -0.1) is 0 Å². The van der Waals surface area contributed by atoms with Crippen molar-refractivity contribution in [2.24, 2.45) is 0 Å². The van der Waals surface area contributed by atoms with Crippen LogP contribution in [0.3, 0.4) is 0 Å². The third-order valence-electron chi connectivity index (χ3n) is 1.16. The minimum atomic E-state index is -0.842. The molecule has 0 unspecified atom stereocenters. The Kier molecular flexibility index (Phi) is 2.43. The number of aromatic nitrogens is 1. The van der Waals surface area contributed by atoms with Gasteiger partial charge in [0.05, 0.1) is 6.42 Å². The van der Waals surface area contributed by atoms with Crippen LogP contribution in [0, 0.1) is 0 Å². The van der Waals surface area contributed by atoms with Gasteiger partial charge in [0.15, 0.2) is 0 Å². The fraction of sp³-hybridized carbons (Fsp3) is 0.333. The third-order valence-corrected chi connectivity index (χ3v) is 2.05. The number of carbonyl (C=O) groups is 1. The first kappa shape index (κ1) is 8.00. The van der Waals surface area contributed by atoms with Gasteiger partial charge in [-0.25, -0.2) is 0 Å². The molecule has 11 heavy (non-hydrogen) atoms. The summed E-state index contributed by atoms with van der Waals surface area (Å²) < 4.78 is 0. The van der Waals surface area contributed by atoms with E-state index in [1.165, 1.54) is 0 Å². The molecular formula is C6H7NO3S. The standard InChI is InChI=1S/C6H7NO3S/c8-5(9)2-1-4-3-7-6(10)11-4/h3H,1-2H2,(H,7,10)(H,8,9). The molecule has 0 amide bonds. The van der Waals surface area contributed by atoms with E-state index in [9.17, 15) is 9.59 Å². The number of nitrogens with one attached hydrogen (secondary N) is 1. The molecule has 1 rings (SSSR count). The Morgan fingerprint density at radius 1 is 1.73 bits per heavy atom. The summed E-state index contributed by atoms with van der Waals surface area (Å²) in [6.45, 7) is 0. The van der Waals surface area contributed by atoms with Crippen molar-refractivity contribution in [3.05, 3.63) is 20.7 Å². The maximum Gasteiger partial charge on any atom is 0.304 e. The summed E-state index contributed by atoms with van der Waals surface area (Å²) in [7, 11) is 0. The normalized spacial score (nSPS) is 9.82. The second-order valence-electron chi connectivity index (χ2n) is 2.04. The van der Waals surface area contributed by atoms with E-state index >= 15 is 0 Å². The first-order chi connectivity index (χ1) is 5.18. The van der Waals surface area contributed by atoms with Gasteiger partial charge in [-0.1, -0.05) is 11.3 Å². The number of aryl methyl sites for hydroxylation is 1. The zero-order chi connectivity index (χ0) is 8.27. The first-order valence-corrected chi connectivity index (χ1v) is 3.89. The predicted octanol–water partition coefficient (Wildman–Crippen LogP) is 0.454. The van der Waals surface area contributed by atoms with Crippen LogP contribution in [0.1, 0.15) is 11.3 Å². The summed E-state index contributed by atoms with van der Waals surface area (Å²) in [5.74, 6) is -0.842. The highest BCUT2D eigenvalue weighted by atomic mass is 32.1. The van der Waals surface area contributed by atoms with Gasteiger partial charge in [-0.2, -0.15) is 0 Å². The molecule has 0 bridgehead atoms. The van der Waals surface area contributed by atoms with Gasteiger partial charge < -0.3 is 10.1 Å². The average molecular weight is 173 g/mol. The molecule has 1 heterocycles. The molecule has 0 aliphatic carbocycles. The fourth-order valence-corrected chi connectivity index (χ4v) is 1.35. The van der Waals surface area contributed by atoms with E-state index in [4.69, 9.17) is 5.11 Å². The minimum Gasteiger partial charge on any atom is -0.481 e. The van der Waals surface area contributed by atoms with Gasteiger partial charge in [0, 0.05) is 11.1 Å². The van der Waals surface area contributed by atoms with E-state index in [-0.39, 0.29) is 11.3 Å². The average Bonchev–Trinajstić information content (AvgIpc) is 2.31. The Morgan fingerprint density at radius 3 is 2.91 bits per heavy atom. The molecule has 1 aromatic heterocycles. The minimum absolute atomic E-state index is 0.0772. The van der Waals surface area contributed by atoms with Crippen molar-refractivity contribution in [3.8, 4) is 0 Å². The topological polar surface area (TPSA) is 70.2 Å². The van der Waals surface area contributed by atoms with Crippen LogP contribution in [0.2, 0.25) is 0 Å². The van der Waals surface area contributed by atoms with E-state index in [1.807, 2.05) is 0 Å². The quantitative estimate of drug-likeness (QED) is 0.697. The van der Waals surface area contributed by atoms with Crippen molar-refractivity contribution in [1.82, 2.24) is 4.98 Å². The van der Waals surface area contributed by atoms with Gasteiger partial charge in [0.1, 0.15) is 0 Å². The Balaban J connectivity index is 2.51. The highest BCUT2D eigenvalue weighted by Crippen LogP contribution is 2.03. The molecule has 2 N–H and O–H groups in total. The molecule has 5 heteroatoms. The summed E-state index contributed by atoms with van der Waals surface area (Å²) in [4.78, 5) is 23.8. The lowest BCUT2D eigenvalue weighted by Crippen LogP contribution is -1.95. The second kappa shape index (κ2) is 3.34. The van der Waals surface area contributed by atoms with Crippen LogP contribution in [-0.2, 0) is 11.2 Å². The SMILES string of the molecule is O=C(O)CCc1c[nH]c(=O)s1. The number of H-pyrrole nitrogens is 1. The molecule has 0 aliphatic rings. The molecular weight excluding hydrogens is 166 g/mol. The summed E-state index contributed by atoms with van der Waals surface area (Å²) >= 11 is 1.06. The summed E-state index contributed by atoms with van der Waals surface area (Å²) in [5.41, 5.74) is 0. The summed E-state index contributed by atoms with van der Waals surface area (Å²) in [6.07, 6.45) is 2.06. The maximum atomic E-state index is 10.6. The molecule has 0 aromatic carbocycles. The molecule has 0 aliphatic heterocycles. The number of rotatable bonds is 3. The Hall–Kier alpha value is -1.10. The third kappa shape index (κ3) is 2.55. The Labute approximate surface area is 66.5 Å². The van der Waals surface area contributed by atoms with Crippen LogP contribution in [0.25, 0.3) is 0 Å². The molecule has 4 nitrogen and oxygen atoms in total. The lowest BCUT2D eigenvalue weighted by Gasteiger charge is -1.88. The lowest BCUT2D eigenvalue weighted by molar-refractivity contribution is -0.136. The molecule has 60 valence electrons. The number of thiazole rings is 1. The highest BCUT2D eigenvalue weighted by molar-refractivity contribution is 7.09.